The van der Waals surface area contributed by atoms with E-state index in [1.165, 1.54) is 0 Å². The van der Waals surface area contributed by atoms with Gasteiger partial charge in [0.15, 0.2) is 0 Å². The second kappa shape index (κ2) is 9.03. The summed E-state index contributed by atoms with van der Waals surface area (Å²) >= 11 is 4.43. The Balaban J connectivity index is 1.48. The SMILES string of the molecule is CNc1nc(C)nc(N[C@H]2CC[C@@H](C(=O)NCc3ccccc3S)CC2)n1. The van der Waals surface area contributed by atoms with Crippen LogP contribution in [0.4, 0.5) is 11.9 Å². The molecule has 8 heteroatoms. The Labute approximate surface area is 165 Å². The lowest BCUT2D eigenvalue weighted by atomic mass is 9.85. The Morgan fingerprint density at radius 3 is 2.52 bits per heavy atom. The molecule has 0 radical (unpaired) electrons. The van der Waals surface area contributed by atoms with Gasteiger partial charge in [0, 0.05) is 30.4 Å². The Hall–Kier alpha value is -2.35. The summed E-state index contributed by atoms with van der Waals surface area (Å²) in [4.78, 5) is 26.3. The van der Waals surface area contributed by atoms with Crippen molar-refractivity contribution in [2.45, 2.75) is 50.1 Å². The van der Waals surface area contributed by atoms with E-state index in [4.69, 9.17) is 0 Å². The summed E-state index contributed by atoms with van der Waals surface area (Å²) in [6, 6.07) is 8.10. The van der Waals surface area contributed by atoms with Crippen LogP contribution in [-0.4, -0.2) is 33.9 Å². The smallest absolute Gasteiger partial charge is 0.227 e. The van der Waals surface area contributed by atoms with Crippen molar-refractivity contribution >= 4 is 30.4 Å². The van der Waals surface area contributed by atoms with E-state index in [0.717, 1.165) is 36.1 Å². The minimum Gasteiger partial charge on any atom is -0.357 e. The van der Waals surface area contributed by atoms with Crippen molar-refractivity contribution in [3.05, 3.63) is 35.7 Å². The van der Waals surface area contributed by atoms with Crippen LogP contribution in [0.2, 0.25) is 0 Å². The van der Waals surface area contributed by atoms with Gasteiger partial charge in [0.05, 0.1) is 0 Å². The lowest BCUT2D eigenvalue weighted by molar-refractivity contribution is -0.126. The van der Waals surface area contributed by atoms with Gasteiger partial charge in [0.25, 0.3) is 0 Å². The Morgan fingerprint density at radius 1 is 1.11 bits per heavy atom. The van der Waals surface area contributed by atoms with E-state index in [1.807, 2.05) is 31.2 Å². The summed E-state index contributed by atoms with van der Waals surface area (Å²) in [7, 11) is 1.79. The molecular weight excluding hydrogens is 360 g/mol. The largest absolute Gasteiger partial charge is 0.357 e. The molecule has 1 aliphatic rings. The zero-order valence-corrected chi connectivity index (χ0v) is 16.6. The zero-order chi connectivity index (χ0) is 19.2. The van der Waals surface area contributed by atoms with Crippen molar-refractivity contribution in [1.82, 2.24) is 20.3 Å². The van der Waals surface area contributed by atoms with E-state index in [1.54, 1.807) is 7.05 Å². The van der Waals surface area contributed by atoms with E-state index in [-0.39, 0.29) is 17.9 Å². The topological polar surface area (TPSA) is 91.8 Å². The van der Waals surface area contributed by atoms with Crippen LogP contribution in [0.15, 0.2) is 29.2 Å². The molecule has 0 saturated heterocycles. The van der Waals surface area contributed by atoms with Gasteiger partial charge in [-0.25, -0.2) is 0 Å². The quantitative estimate of drug-likeness (QED) is 0.571. The number of thiol groups is 1. The molecule has 0 bridgehead atoms. The van der Waals surface area contributed by atoms with Crippen LogP contribution < -0.4 is 16.0 Å². The highest BCUT2D eigenvalue weighted by Crippen LogP contribution is 2.26. The molecule has 0 atom stereocenters. The van der Waals surface area contributed by atoms with Crippen molar-refractivity contribution in [3.8, 4) is 0 Å². The van der Waals surface area contributed by atoms with Crippen LogP contribution in [0.3, 0.4) is 0 Å². The van der Waals surface area contributed by atoms with Crippen LogP contribution in [-0.2, 0) is 11.3 Å². The van der Waals surface area contributed by atoms with Gasteiger partial charge < -0.3 is 16.0 Å². The summed E-state index contributed by atoms with van der Waals surface area (Å²) in [5.74, 6) is 2.00. The van der Waals surface area contributed by atoms with Gasteiger partial charge >= 0.3 is 0 Å². The van der Waals surface area contributed by atoms with E-state index >= 15 is 0 Å². The first-order valence-electron chi connectivity index (χ1n) is 9.26. The molecule has 3 N–H and O–H groups in total. The van der Waals surface area contributed by atoms with E-state index in [2.05, 4.69) is 43.5 Å². The number of amides is 1. The number of benzene rings is 1. The Morgan fingerprint density at radius 2 is 1.81 bits per heavy atom. The summed E-state index contributed by atoms with van der Waals surface area (Å²) in [6.45, 7) is 2.37. The standard InChI is InChI=1S/C19H26N6OS/c1-12-22-18(20-2)25-19(23-12)24-15-9-7-13(8-10-15)17(26)21-11-14-5-3-4-6-16(14)27/h3-6,13,15,27H,7-11H2,1-2H3,(H,21,26)(H2,20,22,23,24,25)/t13-,15+. The van der Waals surface area contributed by atoms with Crippen molar-refractivity contribution in [1.29, 1.82) is 0 Å². The summed E-state index contributed by atoms with van der Waals surface area (Å²) in [5, 5.41) is 9.36. The van der Waals surface area contributed by atoms with Crippen LogP contribution in [0.1, 0.15) is 37.1 Å². The average Bonchev–Trinajstić information content (AvgIpc) is 2.67. The molecule has 1 aromatic heterocycles. The van der Waals surface area contributed by atoms with Gasteiger partial charge in [-0.3, -0.25) is 4.79 Å². The number of aryl methyl sites for hydroxylation is 1. The Bertz CT molecular complexity index is 792. The first kappa shape index (κ1) is 19.4. The normalized spacial score (nSPS) is 19.4. The number of nitrogens with zero attached hydrogens (tertiary/aromatic N) is 3. The lowest BCUT2D eigenvalue weighted by Crippen LogP contribution is -2.36. The van der Waals surface area contributed by atoms with Gasteiger partial charge in [-0.15, -0.1) is 12.6 Å². The molecule has 144 valence electrons. The minimum atomic E-state index is 0.0584. The molecule has 3 rings (SSSR count). The maximum atomic E-state index is 12.5. The maximum Gasteiger partial charge on any atom is 0.227 e. The summed E-state index contributed by atoms with van der Waals surface area (Å²) in [6.07, 6.45) is 3.55. The molecule has 1 fully saturated rings. The number of rotatable bonds is 6. The van der Waals surface area contributed by atoms with Crippen molar-refractivity contribution < 1.29 is 4.79 Å². The predicted molar refractivity (Wildman–Crippen MR) is 109 cm³/mol. The van der Waals surface area contributed by atoms with Gasteiger partial charge in [0.2, 0.25) is 17.8 Å². The monoisotopic (exact) mass is 386 g/mol. The number of anilines is 2. The fraction of sp³-hybridized carbons (Fsp3) is 0.474. The van der Waals surface area contributed by atoms with Gasteiger partial charge in [-0.2, -0.15) is 15.0 Å². The van der Waals surface area contributed by atoms with Crippen molar-refractivity contribution in [2.24, 2.45) is 5.92 Å². The zero-order valence-electron chi connectivity index (χ0n) is 15.7. The minimum absolute atomic E-state index is 0.0584. The fourth-order valence-corrected chi connectivity index (χ4v) is 3.57. The number of hydrogen-bond acceptors (Lipinski definition) is 7. The molecule has 1 amide bonds. The second-order valence-corrected chi connectivity index (χ2v) is 7.30. The number of carbonyl (C=O) groups excluding carboxylic acids is 1. The van der Waals surface area contributed by atoms with Gasteiger partial charge in [-0.05, 0) is 44.2 Å². The number of hydrogen-bond donors (Lipinski definition) is 4. The molecule has 7 nitrogen and oxygen atoms in total. The van der Waals surface area contributed by atoms with Gasteiger partial charge in [-0.1, -0.05) is 18.2 Å². The average molecular weight is 387 g/mol. The van der Waals surface area contributed by atoms with Crippen LogP contribution >= 0.6 is 12.6 Å². The third-order valence-corrected chi connectivity index (χ3v) is 5.28. The van der Waals surface area contributed by atoms with E-state index < -0.39 is 0 Å². The fourth-order valence-electron chi connectivity index (χ4n) is 3.33. The van der Waals surface area contributed by atoms with Crippen LogP contribution in [0, 0.1) is 12.8 Å². The highest BCUT2D eigenvalue weighted by atomic mass is 32.1. The number of nitrogens with one attached hydrogen (secondary N) is 3. The molecule has 1 aromatic carbocycles. The van der Waals surface area contributed by atoms with Crippen LogP contribution in [0.5, 0.6) is 0 Å². The molecule has 1 saturated carbocycles. The molecule has 0 spiro atoms. The van der Waals surface area contributed by atoms with Crippen molar-refractivity contribution in [3.63, 3.8) is 0 Å². The first-order valence-corrected chi connectivity index (χ1v) is 9.71. The second-order valence-electron chi connectivity index (χ2n) is 6.82. The Kier molecular flexibility index (Phi) is 6.49. The molecule has 1 heterocycles. The van der Waals surface area contributed by atoms with E-state index in [0.29, 0.717) is 24.3 Å². The molecule has 0 unspecified atom stereocenters. The van der Waals surface area contributed by atoms with E-state index in [9.17, 15) is 4.79 Å². The first-order chi connectivity index (χ1) is 13.0. The highest BCUT2D eigenvalue weighted by molar-refractivity contribution is 7.80. The lowest BCUT2D eigenvalue weighted by Gasteiger charge is -2.28. The third kappa shape index (κ3) is 5.32. The molecular formula is C19H26N6OS. The maximum absolute atomic E-state index is 12.5. The number of aromatic nitrogens is 3. The summed E-state index contributed by atoms with van der Waals surface area (Å²) in [5.41, 5.74) is 1.04. The molecule has 27 heavy (non-hydrogen) atoms. The molecule has 0 aliphatic heterocycles. The van der Waals surface area contributed by atoms with Crippen LogP contribution in [0.25, 0.3) is 0 Å². The molecule has 2 aromatic rings. The number of carbonyl (C=O) groups is 1. The molecule has 1 aliphatic carbocycles. The highest BCUT2D eigenvalue weighted by Gasteiger charge is 2.26. The predicted octanol–water partition coefficient (Wildman–Crippen LogP) is 2.80. The van der Waals surface area contributed by atoms with Gasteiger partial charge in [0.1, 0.15) is 5.82 Å². The summed E-state index contributed by atoms with van der Waals surface area (Å²) < 4.78 is 0. The van der Waals surface area contributed by atoms with Crippen molar-refractivity contribution in [2.75, 3.05) is 17.7 Å². The third-order valence-electron chi connectivity index (χ3n) is 4.85.